The molecule has 130 valence electrons. The Morgan fingerprint density at radius 1 is 1.38 bits per heavy atom. The van der Waals surface area contributed by atoms with Gasteiger partial charge in [0.05, 0.1) is 11.8 Å². The van der Waals surface area contributed by atoms with Gasteiger partial charge in [0.15, 0.2) is 11.6 Å². The molecule has 3 atom stereocenters. The molecule has 7 nitrogen and oxygen atoms in total. The Hall–Kier alpha value is -1.73. The maximum atomic E-state index is 6.17. The topological polar surface area (TPSA) is 80.7 Å². The van der Waals surface area contributed by atoms with E-state index in [9.17, 15) is 0 Å². The third-order valence-electron chi connectivity index (χ3n) is 5.04. The molecule has 0 aromatic carbocycles. The van der Waals surface area contributed by atoms with Gasteiger partial charge >= 0.3 is 0 Å². The van der Waals surface area contributed by atoms with Crippen LogP contribution in [0.2, 0.25) is 0 Å². The lowest BCUT2D eigenvalue weighted by Crippen LogP contribution is -2.29. The monoisotopic (exact) mass is 330 g/mol. The Kier molecular flexibility index (Phi) is 4.14. The van der Waals surface area contributed by atoms with Crippen molar-refractivity contribution in [1.82, 2.24) is 30.3 Å². The summed E-state index contributed by atoms with van der Waals surface area (Å²) in [5.41, 5.74) is 2.33. The predicted molar refractivity (Wildman–Crippen MR) is 89.6 cm³/mol. The molecule has 0 bridgehead atoms. The molecule has 1 unspecified atom stereocenters. The van der Waals surface area contributed by atoms with Crippen molar-refractivity contribution in [3.63, 3.8) is 0 Å². The number of hydrogen-bond donors (Lipinski definition) is 2. The van der Waals surface area contributed by atoms with Crippen LogP contribution in [0.25, 0.3) is 0 Å². The van der Waals surface area contributed by atoms with Gasteiger partial charge in [-0.15, -0.1) is 0 Å². The Bertz CT molecular complexity index is 704. The van der Waals surface area contributed by atoms with Crippen molar-refractivity contribution in [2.75, 3.05) is 6.54 Å². The second kappa shape index (κ2) is 6.29. The molecule has 1 saturated heterocycles. The zero-order valence-corrected chi connectivity index (χ0v) is 14.6. The van der Waals surface area contributed by atoms with Crippen molar-refractivity contribution in [2.24, 2.45) is 7.05 Å². The van der Waals surface area contributed by atoms with E-state index in [0.717, 1.165) is 36.7 Å². The predicted octanol–water partition coefficient (Wildman–Crippen LogP) is 2.29. The van der Waals surface area contributed by atoms with Crippen molar-refractivity contribution >= 4 is 0 Å². The highest BCUT2D eigenvalue weighted by molar-refractivity contribution is 5.19. The van der Waals surface area contributed by atoms with Crippen LogP contribution in [0, 0.1) is 6.92 Å². The van der Waals surface area contributed by atoms with E-state index in [1.165, 1.54) is 18.4 Å². The van der Waals surface area contributed by atoms with Crippen molar-refractivity contribution in [1.29, 1.82) is 0 Å². The van der Waals surface area contributed by atoms with Gasteiger partial charge in [0.1, 0.15) is 6.10 Å². The highest BCUT2D eigenvalue weighted by atomic mass is 16.5. The van der Waals surface area contributed by atoms with Crippen LogP contribution in [0.15, 0.2) is 6.20 Å². The number of ether oxygens (including phenoxy) is 1. The molecule has 0 amide bonds. The second-order valence-electron chi connectivity index (χ2n) is 7.15. The molecule has 2 aromatic heterocycles. The summed E-state index contributed by atoms with van der Waals surface area (Å²) in [7, 11) is 1.96. The quantitative estimate of drug-likeness (QED) is 0.849. The molecule has 3 heterocycles. The van der Waals surface area contributed by atoms with Crippen LogP contribution in [-0.2, 0) is 11.8 Å². The van der Waals surface area contributed by atoms with Crippen LogP contribution in [0.5, 0.6) is 0 Å². The third kappa shape index (κ3) is 3.23. The molecule has 2 aromatic rings. The zero-order chi connectivity index (χ0) is 16.7. The molecule has 1 aliphatic carbocycles. The third-order valence-corrected chi connectivity index (χ3v) is 5.04. The van der Waals surface area contributed by atoms with Gasteiger partial charge in [0.2, 0.25) is 0 Å². The summed E-state index contributed by atoms with van der Waals surface area (Å²) < 4.78 is 8.03. The van der Waals surface area contributed by atoms with Gasteiger partial charge in [-0.1, -0.05) is 0 Å². The first-order valence-electron chi connectivity index (χ1n) is 8.91. The minimum absolute atomic E-state index is 0.0623. The molecule has 1 saturated carbocycles. The van der Waals surface area contributed by atoms with E-state index >= 15 is 0 Å². The van der Waals surface area contributed by atoms with E-state index in [-0.39, 0.29) is 18.2 Å². The second-order valence-corrected chi connectivity index (χ2v) is 7.15. The molecule has 4 rings (SSSR count). The smallest absolute Gasteiger partial charge is 0.153 e. The van der Waals surface area contributed by atoms with E-state index < -0.39 is 0 Å². The number of nitrogens with zero attached hydrogens (tertiary/aromatic N) is 4. The number of H-pyrrole nitrogens is 1. The van der Waals surface area contributed by atoms with E-state index in [4.69, 9.17) is 4.74 Å². The van der Waals surface area contributed by atoms with Gasteiger partial charge in [-0.2, -0.15) is 10.2 Å². The minimum Gasteiger partial charge on any atom is -0.366 e. The minimum atomic E-state index is 0.0623. The van der Waals surface area contributed by atoms with Gasteiger partial charge in [-0.25, -0.2) is 4.98 Å². The normalized spacial score (nSPS) is 25.3. The Morgan fingerprint density at radius 3 is 2.92 bits per heavy atom. The molecular weight excluding hydrogens is 304 g/mol. The van der Waals surface area contributed by atoms with Crippen LogP contribution in [0.3, 0.4) is 0 Å². The maximum absolute atomic E-state index is 6.17. The van der Waals surface area contributed by atoms with Crippen LogP contribution in [-0.4, -0.2) is 37.6 Å². The Balaban J connectivity index is 1.29. The molecule has 0 spiro atoms. The van der Waals surface area contributed by atoms with E-state index in [0.29, 0.717) is 5.92 Å². The SMILES string of the molecule is Cc1nn(C)cc1C(C)NC[C@H]1CC[C@@H](c2nc(C3CC3)n[nH]2)O1. The zero-order valence-electron chi connectivity index (χ0n) is 14.6. The first-order chi connectivity index (χ1) is 11.6. The standard InChI is InChI=1S/C17H26N6O/c1-10(14-9-23(3)22-11(14)2)18-8-13-6-7-15(24-13)17-19-16(20-21-17)12-4-5-12/h9-10,12-13,15,18H,4-8H2,1-3H3,(H,19,20,21)/t10?,13-,15+/m1/s1. The molecule has 1 aliphatic heterocycles. The largest absolute Gasteiger partial charge is 0.366 e. The molecule has 2 fully saturated rings. The number of nitrogens with one attached hydrogen (secondary N) is 2. The average molecular weight is 330 g/mol. The van der Waals surface area contributed by atoms with Gasteiger partial charge in [-0.05, 0) is 39.5 Å². The Morgan fingerprint density at radius 2 is 2.21 bits per heavy atom. The summed E-state index contributed by atoms with van der Waals surface area (Å²) in [5, 5.41) is 15.4. The summed E-state index contributed by atoms with van der Waals surface area (Å²) in [6, 6.07) is 0.271. The van der Waals surface area contributed by atoms with Gasteiger partial charge in [0, 0.05) is 37.3 Å². The number of hydrogen-bond acceptors (Lipinski definition) is 5. The molecule has 2 aliphatic rings. The first-order valence-corrected chi connectivity index (χ1v) is 8.91. The molecule has 2 N–H and O–H groups in total. The lowest BCUT2D eigenvalue weighted by Gasteiger charge is -2.17. The summed E-state index contributed by atoms with van der Waals surface area (Å²) >= 11 is 0. The van der Waals surface area contributed by atoms with Crippen LogP contribution >= 0.6 is 0 Å². The Labute approximate surface area is 142 Å². The highest BCUT2D eigenvalue weighted by Crippen LogP contribution is 2.39. The first kappa shape index (κ1) is 15.8. The fourth-order valence-corrected chi connectivity index (χ4v) is 3.47. The van der Waals surface area contributed by atoms with E-state index in [1.807, 2.05) is 11.7 Å². The number of aryl methyl sites for hydroxylation is 2. The van der Waals surface area contributed by atoms with Gasteiger partial charge < -0.3 is 10.1 Å². The summed E-state index contributed by atoms with van der Waals surface area (Å²) in [5.74, 6) is 2.45. The van der Waals surface area contributed by atoms with Crippen molar-refractivity contribution in [2.45, 2.75) is 63.7 Å². The maximum Gasteiger partial charge on any atom is 0.153 e. The number of aromatic nitrogens is 5. The summed E-state index contributed by atoms with van der Waals surface area (Å²) in [4.78, 5) is 4.62. The summed E-state index contributed by atoms with van der Waals surface area (Å²) in [6.07, 6.45) is 6.87. The van der Waals surface area contributed by atoms with E-state index in [2.05, 4.69) is 45.6 Å². The van der Waals surface area contributed by atoms with Crippen LogP contribution in [0.4, 0.5) is 0 Å². The van der Waals surface area contributed by atoms with Crippen LogP contribution in [0.1, 0.15) is 73.6 Å². The fraction of sp³-hybridized carbons (Fsp3) is 0.706. The highest BCUT2D eigenvalue weighted by Gasteiger charge is 2.32. The van der Waals surface area contributed by atoms with Crippen LogP contribution < -0.4 is 5.32 Å². The molecule has 7 heteroatoms. The number of rotatable bonds is 6. The lowest BCUT2D eigenvalue weighted by atomic mass is 10.1. The van der Waals surface area contributed by atoms with E-state index in [1.54, 1.807) is 0 Å². The van der Waals surface area contributed by atoms with Crippen molar-refractivity contribution in [3.8, 4) is 0 Å². The van der Waals surface area contributed by atoms with Crippen molar-refractivity contribution < 1.29 is 4.74 Å². The average Bonchev–Trinajstić information content (AvgIpc) is 2.98. The van der Waals surface area contributed by atoms with Crippen molar-refractivity contribution in [3.05, 3.63) is 29.1 Å². The van der Waals surface area contributed by atoms with Gasteiger partial charge in [-0.3, -0.25) is 9.78 Å². The molecule has 24 heavy (non-hydrogen) atoms. The van der Waals surface area contributed by atoms with Gasteiger partial charge in [0.25, 0.3) is 0 Å². The summed E-state index contributed by atoms with van der Waals surface area (Å²) in [6.45, 7) is 5.07. The molecular formula is C17H26N6O. The number of aromatic amines is 1. The molecule has 0 radical (unpaired) electrons. The lowest BCUT2D eigenvalue weighted by molar-refractivity contribution is 0.0389. The fourth-order valence-electron chi connectivity index (χ4n) is 3.47.